The van der Waals surface area contributed by atoms with E-state index in [0.717, 1.165) is 62.9 Å². The van der Waals surface area contributed by atoms with Gasteiger partial charge in [0.1, 0.15) is 0 Å². The molecule has 0 radical (unpaired) electrons. The van der Waals surface area contributed by atoms with Gasteiger partial charge in [-0.1, -0.05) is 96.6 Å². The molecule has 17 heteroatoms. The standard InChI is InChI=1S/C22H24Cl2N2O3S.C22H26Cl2N2O2S.Al.Li.4H/c1-22(15-4-3-5-16(11-15)25-30(2,28)29)17-12-26(13-18(17)22)21(27)9-7-14-6-8-19(23)20(24)10-14;1-22(16-6-3-7-17(12-16)25-29(2,27)28)18-13-26(14-19(18)22)10-4-5-15-8-9-20(23)21(24)11-15;;;;;;/h3-6,8,10-11,17-18,25H,7,9,12-13H2,1-2H3;3,6-9,11-12,18-19,25H,4-5,10,13-14H2,1-2H3;;;;;;/q;;;+1;;;;-1. The summed E-state index contributed by atoms with van der Waals surface area (Å²) < 4.78 is 51.2. The molecule has 4 atom stereocenters. The summed E-state index contributed by atoms with van der Waals surface area (Å²) in [5.41, 5.74) is 5.94. The first-order chi connectivity index (χ1) is 27.7. The topological polar surface area (TPSA) is 116 Å². The number of benzene rings is 4. The molecule has 1 amide bonds. The smallest absolute Gasteiger partial charge is 1.00 e. The van der Waals surface area contributed by atoms with Gasteiger partial charge in [-0.2, -0.15) is 0 Å². The molecule has 2 saturated heterocycles. The third kappa shape index (κ3) is 11.7. The molecule has 2 saturated carbocycles. The van der Waals surface area contributed by atoms with Gasteiger partial charge in [0.2, 0.25) is 26.0 Å². The zero-order chi connectivity index (χ0) is 42.5. The molecule has 4 unspecified atom stereocenters. The van der Waals surface area contributed by atoms with Gasteiger partial charge >= 0.3 is 18.9 Å². The number of piperidine rings is 2. The van der Waals surface area contributed by atoms with Crippen LogP contribution in [0.15, 0.2) is 84.9 Å². The van der Waals surface area contributed by atoms with Crippen molar-refractivity contribution < 1.29 is 41.9 Å². The molecule has 4 aromatic rings. The van der Waals surface area contributed by atoms with Crippen LogP contribution in [0.1, 0.15) is 50.4 Å². The average Bonchev–Trinajstić information content (AvgIpc) is 3.64. The number of amides is 1. The molecule has 2 heterocycles. The molecule has 0 bridgehead atoms. The van der Waals surface area contributed by atoms with Crippen LogP contribution < -0.4 is 28.3 Å². The van der Waals surface area contributed by atoms with Gasteiger partial charge in [-0.25, -0.2) is 16.8 Å². The fraction of sp³-hybridized carbons (Fsp3) is 0.432. The van der Waals surface area contributed by atoms with E-state index in [1.807, 2.05) is 65.6 Å². The monoisotopic (exact) mass is 956 g/mol. The van der Waals surface area contributed by atoms with Crippen molar-refractivity contribution in [3.8, 4) is 0 Å². The van der Waals surface area contributed by atoms with Crippen LogP contribution in [0.3, 0.4) is 0 Å². The van der Waals surface area contributed by atoms with Crippen molar-refractivity contribution in [2.24, 2.45) is 23.7 Å². The number of halogens is 4. The number of hydrogen-bond acceptors (Lipinski definition) is 6. The van der Waals surface area contributed by atoms with Crippen molar-refractivity contribution in [2.45, 2.75) is 50.4 Å². The first-order valence-corrected chi connectivity index (χ1v) is 25.1. The van der Waals surface area contributed by atoms with Crippen LogP contribution in [0, 0.1) is 23.7 Å². The number of carbonyl (C=O) groups excluding carboxylic acids is 1. The molecule has 2 aliphatic heterocycles. The Hall–Kier alpha value is -1.90. The number of aryl methyl sites for hydroxylation is 2. The Balaban J connectivity index is 0.000000260. The summed E-state index contributed by atoms with van der Waals surface area (Å²) >= 11 is 24.1. The number of likely N-dealkylation sites (tertiary alicyclic amines) is 2. The Morgan fingerprint density at radius 1 is 0.656 bits per heavy atom. The Morgan fingerprint density at radius 2 is 1.08 bits per heavy atom. The number of anilines is 2. The molecule has 2 N–H and O–H groups in total. The molecule has 9 nitrogen and oxygen atoms in total. The summed E-state index contributed by atoms with van der Waals surface area (Å²) in [5, 5.41) is 2.24. The van der Waals surface area contributed by atoms with Gasteiger partial charge in [-0.05, 0) is 120 Å². The summed E-state index contributed by atoms with van der Waals surface area (Å²) in [5.74, 6) is 2.24. The molecule has 4 aliphatic rings. The third-order valence-corrected chi connectivity index (χ3v) is 15.7. The van der Waals surface area contributed by atoms with Crippen LogP contribution in [0.4, 0.5) is 11.4 Å². The van der Waals surface area contributed by atoms with E-state index in [4.69, 9.17) is 46.4 Å². The fourth-order valence-electron chi connectivity index (χ4n) is 9.66. The van der Waals surface area contributed by atoms with E-state index in [9.17, 15) is 21.6 Å². The maximum Gasteiger partial charge on any atom is 1.00 e. The van der Waals surface area contributed by atoms with E-state index < -0.39 is 20.0 Å². The van der Waals surface area contributed by atoms with Gasteiger partial charge < -0.3 is 11.2 Å². The van der Waals surface area contributed by atoms with Crippen molar-refractivity contribution >= 4 is 101 Å². The second-order valence-corrected chi connectivity index (χ2v) is 22.2. The molecule has 0 spiro atoms. The molecular weight excluding hydrogens is 904 g/mol. The minimum atomic E-state index is -3.31. The number of nitrogens with zero attached hydrogens (tertiary/aromatic N) is 2. The number of carbonyl (C=O) groups is 1. The van der Waals surface area contributed by atoms with Crippen molar-refractivity contribution in [1.29, 1.82) is 0 Å². The maximum atomic E-state index is 12.7. The van der Waals surface area contributed by atoms with E-state index in [-0.39, 0.29) is 54.4 Å². The molecule has 61 heavy (non-hydrogen) atoms. The van der Waals surface area contributed by atoms with Gasteiger partial charge in [0.15, 0.2) is 17.4 Å². The van der Waals surface area contributed by atoms with Gasteiger partial charge in [-0.15, -0.1) is 0 Å². The van der Waals surface area contributed by atoms with Crippen LogP contribution in [0.5, 0.6) is 0 Å². The minimum Gasteiger partial charge on any atom is -1.00 e. The van der Waals surface area contributed by atoms with Gasteiger partial charge in [0.05, 0.1) is 32.6 Å². The van der Waals surface area contributed by atoms with Crippen molar-refractivity contribution in [1.82, 2.24) is 9.80 Å². The normalized spacial score (nSPS) is 24.9. The average molecular weight is 959 g/mol. The Labute approximate surface area is 405 Å². The molecular formula is C44H54AlCl4LiN4O5S2. The second-order valence-electron chi connectivity index (χ2n) is 17.1. The van der Waals surface area contributed by atoms with Crippen LogP contribution >= 0.6 is 46.4 Å². The van der Waals surface area contributed by atoms with Gasteiger partial charge in [0.25, 0.3) is 0 Å². The minimum absolute atomic E-state index is 0. The van der Waals surface area contributed by atoms with Gasteiger partial charge in [0, 0.05) is 54.8 Å². The summed E-state index contributed by atoms with van der Waals surface area (Å²) in [7, 11) is -6.57. The van der Waals surface area contributed by atoms with Crippen LogP contribution in [-0.2, 0) is 48.5 Å². The quantitative estimate of drug-likeness (QED) is 0.181. The Bertz CT molecular complexity index is 2470. The van der Waals surface area contributed by atoms with Gasteiger partial charge in [-0.3, -0.25) is 14.2 Å². The van der Waals surface area contributed by atoms with Crippen molar-refractivity contribution in [3.05, 3.63) is 127 Å². The van der Waals surface area contributed by atoms with E-state index in [0.29, 0.717) is 68.0 Å². The van der Waals surface area contributed by atoms with E-state index in [1.165, 1.54) is 17.4 Å². The van der Waals surface area contributed by atoms with Crippen LogP contribution in [-0.4, -0.2) is 95.1 Å². The van der Waals surface area contributed by atoms with Crippen LogP contribution in [0.25, 0.3) is 0 Å². The van der Waals surface area contributed by atoms with E-state index >= 15 is 0 Å². The zero-order valence-corrected chi connectivity index (χ0v) is 39.2. The first kappa shape index (κ1) is 50.1. The van der Waals surface area contributed by atoms with Crippen LogP contribution in [0.2, 0.25) is 20.1 Å². The summed E-state index contributed by atoms with van der Waals surface area (Å²) in [6.07, 6.45) is 5.51. The number of rotatable bonds is 13. The number of sulfonamides is 2. The number of hydrogen-bond donors (Lipinski definition) is 2. The molecule has 0 aromatic heterocycles. The predicted octanol–water partition coefficient (Wildman–Crippen LogP) is 5.09. The first-order valence-electron chi connectivity index (χ1n) is 19.8. The molecule has 8 rings (SSSR count). The number of fused-ring (bicyclic) bond motifs is 2. The Morgan fingerprint density at radius 3 is 1.51 bits per heavy atom. The van der Waals surface area contributed by atoms with Crippen molar-refractivity contribution in [3.63, 3.8) is 0 Å². The van der Waals surface area contributed by atoms with E-state index in [2.05, 4.69) is 34.3 Å². The Kier molecular flexibility index (Phi) is 16.2. The maximum absolute atomic E-state index is 12.7. The van der Waals surface area contributed by atoms with E-state index in [1.54, 1.807) is 18.2 Å². The SMILES string of the molecule is CC1(c2cccc(NS(C)(=O)=O)c2)C2CN(C(=O)CCc3ccc(Cl)c(Cl)c3)CC21.CC1(c2cccc(NS(C)(=O)=O)c2)C2CN(CCCc3ccc(Cl)c(Cl)c3)CC21.[AlH3].[H-].[Li+]. The molecule has 324 valence electrons. The molecule has 2 aliphatic carbocycles. The molecule has 4 aromatic carbocycles. The van der Waals surface area contributed by atoms with Crippen molar-refractivity contribution in [2.75, 3.05) is 54.7 Å². The summed E-state index contributed by atoms with van der Waals surface area (Å²) in [4.78, 5) is 17.2. The molecule has 4 fully saturated rings. The summed E-state index contributed by atoms with van der Waals surface area (Å²) in [6, 6.07) is 26.8. The number of nitrogens with one attached hydrogen (secondary N) is 2. The third-order valence-electron chi connectivity index (χ3n) is 13.0. The second kappa shape index (κ2) is 19.7. The predicted molar refractivity (Wildman–Crippen MR) is 252 cm³/mol. The largest absolute Gasteiger partial charge is 1.00 e. The fourth-order valence-corrected chi connectivity index (χ4v) is 11.4. The zero-order valence-electron chi connectivity index (χ0n) is 35.5. The summed E-state index contributed by atoms with van der Waals surface area (Å²) in [6.45, 7) is 9.29.